The van der Waals surface area contributed by atoms with Gasteiger partial charge in [0.05, 0.1) is 12.8 Å². The number of aromatic nitrogens is 1. The van der Waals surface area contributed by atoms with Gasteiger partial charge in [0.2, 0.25) is 0 Å². The summed E-state index contributed by atoms with van der Waals surface area (Å²) in [5.41, 5.74) is 1.38. The second-order valence-corrected chi connectivity index (χ2v) is 6.64. The predicted octanol–water partition coefficient (Wildman–Crippen LogP) is 4.28. The Morgan fingerprint density at radius 3 is 2.33 bits per heavy atom. The second kappa shape index (κ2) is 8.55. The highest BCUT2D eigenvalue weighted by molar-refractivity contribution is 7.17. The lowest BCUT2D eigenvalue weighted by Crippen LogP contribution is -2.08. The van der Waals surface area contributed by atoms with Gasteiger partial charge < -0.3 is 19.3 Å². The van der Waals surface area contributed by atoms with Gasteiger partial charge in [-0.15, -0.1) is 11.3 Å². The predicted molar refractivity (Wildman–Crippen MR) is 103 cm³/mol. The number of carboxylic acids is 1. The number of nitrogens with zero attached hydrogens (tertiary/aromatic N) is 1. The van der Waals surface area contributed by atoms with E-state index in [4.69, 9.17) is 19.3 Å². The summed E-state index contributed by atoms with van der Waals surface area (Å²) in [5.74, 6) is 1.22. The maximum Gasteiger partial charge on any atom is 0.347 e. The molecule has 0 saturated heterocycles. The number of aromatic carboxylic acids is 1. The zero-order valence-corrected chi connectivity index (χ0v) is 15.8. The van der Waals surface area contributed by atoms with Crippen LogP contribution in [-0.4, -0.2) is 36.4 Å². The molecular weight excluding hydrogens is 366 g/mol. The van der Waals surface area contributed by atoms with E-state index in [-0.39, 0.29) is 4.88 Å². The summed E-state index contributed by atoms with van der Waals surface area (Å²) in [6, 6.07) is 14.8. The molecule has 7 heteroatoms. The summed E-state index contributed by atoms with van der Waals surface area (Å²) in [6.45, 7) is 2.50. The monoisotopic (exact) mass is 385 g/mol. The van der Waals surface area contributed by atoms with Crippen molar-refractivity contribution in [3.05, 3.63) is 59.1 Å². The van der Waals surface area contributed by atoms with E-state index < -0.39 is 5.97 Å². The van der Waals surface area contributed by atoms with Crippen LogP contribution >= 0.6 is 11.3 Å². The number of carbonyl (C=O) groups is 1. The zero-order valence-electron chi connectivity index (χ0n) is 15.0. The van der Waals surface area contributed by atoms with Gasteiger partial charge in [0.1, 0.15) is 40.3 Å². The molecule has 0 aliphatic carbocycles. The van der Waals surface area contributed by atoms with Crippen molar-refractivity contribution in [1.82, 2.24) is 4.98 Å². The molecule has 6 nitrogen and oxygen atoms in total. The van der Waals surface area contributed by atoms with Gasteiger partial charge in [0, 0.05) is 11.6 Å². The van der Waals surface area contributed by atoms with Crippen LogP contribution in [0.15, 0.2) is 48.5 Å². The molecule has 0 bridgehead atoms. The Kier molecular flexibility index (Phi) is 5.93. The van der Waals surface area contributed by atoms with Gasteiger partial charge in [-0.2, -0.15) is 0 Å². The number of benzene rings is 2. The number of hydrogen-bond acceptors (Lipinski definition) is 6. The van der Waals surface area contributed by atoms with Gasteiger partial charge in [-0.3, -0.25) is 0 Å². The Balaban J connectivity index is 1.53. The topological polar surface area (TPSA) is 77.9 Å². The Morgan fingerprint density at radius 2 is 1.70 bits per heavy atom. The van der Waals surface area contributed by atoms with Crippen molar-refractivity contribution in [2.75, 3.05) is 20.3 Å². The molecule has 1 heterocycles. The average molecular weight is 385 g/mol. The van der Waals surface area contributed by atoms with E-state index in [2.05, 4.69) is 4.98 Å². The van der Waals surface area contributed by atoms with E-state index in [1.807, 2.05) is 48.5 Å². The van der Waals surface area contributed by atoms with Crippen molar-refractivity contribution < 1.29 is 24.1 Å². The average Bonchev–Trinajstić information content (AvgIpc) is 3.08. The lowest BCUT2D eigenvalue weighted by Gasteiger charge is -2.09. The zero-order chi connectivity index (χ0) is 19.2. The van der Waals surface area contributed by atoms with E-state index in [1.54, 1.807) is 14.0 Å². The third kappa shape index (κ3) is 4.77. The molecule has 3 rings (SSSR count). The minimum atomic E-state index is -0.952. The Morgan fingerprint density at radius 1 is 1.04 bits per heavy atom. The summed E-state index contributed by atoms with van der Waals surface area (Å²) in [5, 5.41) is 9.81. The maximum atomic E-state index is 11.1. The highest BCUT2D eigenvalue weighted by Crippen LogP contribution is 2.29. The SMILES string of the molecule is COc1cccc(OCCOc2ccc(-c3nc(C)c(C(=O)O)s3)cc2)c1. The highest BCUT2D eigenvalue weighted by Gasteiger charge is 2.14. The highest BCUT2D eigenvalue weighted by atomic mass is 32.1. The van der Waals surface area contributed by atoms with Crippen LogP contribution < -0.4 is 14.2 Å². The van der Waals surface area contributed by atoms with Crippen LogP contribution in [0.4, 0.5) is 0 Å². The number of carboxylic acid groups (broad SMARTS) is 1. The first-order valence-corrected chi connectivity index (χ1v) is 9.09. The molecule has 0 fully saturated rings. The Labute approximate surface area is 161 Å². The van der Waals surface area contributed by atoms with E-state index >= 15 is 0 Å². The second-order valence-electron chi connectivity index (χ2n) is 5.64. The van der Waals surface area contributed by atoms with Gasteiger partial charge in [0.15, 0.2) is 0 Å². The van der Waals surface area contributed by atoms with Crippen LogP contribution in [-0.2, 0) is 0 Å². The standard InChI is InChI=1S/C20H19NO5S/c1-13-18(20(22)23)27-19(21-13)14-6-8-15(9-7-14)25-10-11-26-17-5-3-4-16(12-17)24-2/h3-9,12H,10-11H2,1-2H3,(H,22,23). The van der Waals surface area contributed by atoms with Crippen LogP contribution in [0.3, 0.4) is 0 Å². The van der Waals surface area contributed by atoms with Gasteiger partial charge in [-0.25, -0.2) is 9.78 Å². The van der Waals surface area contributed by atoms with Crippen molar-refractivity contribution >= 4 is 17.3 Å². The summed E-state index contributed by atoms with van der Waals surface area (Å²) < 4.78 is 16.5. The van der Waals surface area contributed by atoms with E-state index in [0.29, 0.717) is 29.7 Å². The molecule has 0 spiro atoms. The van der Waals surface area contributed by atoms with Crippen molar-refractivity contribution in [2.24, 2.45) is 0 Å². The molecule has 140 valence electrons. The largest absolute Gasteiger partial charge is 0.497 e. The molecule has 0 aliphatic heterocycles. The smallest absolute Gasteiger partial charge is 0.347 e. The van der Waals surface area contributed by atoms with Gasteiger partial charge in [0.25, 0.3) is 0 Å². The Bertz CT molecular complexity index is 920. The fourth-order valence-corrected chi connectivity index (χ4v) is 3.33. The number of aryl methyl sites for hydroxylation is 1. The minimum Gasteiger partial charge on any atom is -0.497 e. The molecule has 2 aromatic carbocycles. The van der Waals surface area contributed by atoms with Crippen LogP contribution in [0.5, 0.6) is 17.2 Å². The fraction of sp³-hybridized carbons (Fsp3) is 0.200. The number of methoxy groups -OCH3 is 1. The summed E-state index contributed by atoms with van der Waals surface area (Å²) in [6.07, 6.45) is 0. The molecule has 0 radical (unpaired) electrons. The number of hydrogen-bond donors (Lipinski definition) is 1. The third-order valence-corrected chi connectivity index (χ3v) is 4.95. The summed E-state index contributed by atoms with van der Waals surface area (Å²) in [7, 11) is 1.61. The van der Waals surface area contributed by atoms with Gasteiger partial charge in [-0.05, 0) is 43.3 Å². The lowest BCUT2D eigenvalue weighted by molar-refractivity contribution is 0.0701. The molecule has 1 N–H and O–H groups in total. The van der Waals surface area contributed by atoms with Crippen molar-refractivity contribution in [3.8, 4) is 27.8 Å². The fourth-order valence-electron chi connectivity index (χ4n) is 2.42. The van der Waals surface area contributed by atoms with Gasteiger partial charge in [-0.1, -0.05) is 6.07 Å². The number of rotatable bonds is 8. The number of thiazole rings is 1. The lowest BCUT2D eigenvalue weighted by atomic mass is 10.2. The molecule has 3 aromatic rings. The number of ether oxygens (including phenoxy) is 3. The van der Waals surface area contributed by atoms with Crippen molar-refractivity contribution in [2.45, 2.75) is 6.92 Å². The van der Waals surface area contributed by atoms with E-state index in [9.17, 15) is 4.79 Å². The first-order valence-electron chi connectivity index (χ1n) is 8.27. The maximum absolute atomic E-state index is 11.1. The molecule has 0 aliphatic rings. The molecule has 0 amide bonds. The van der Waals surface area contributed by atoms with Crippen molar-refractivity contribution in [3.63, 3.8) is 0 Å². The molecule has 0 saturated carbocycles. The first-order chi connectivity index (χ1) is 13.1. The molecule has 0 unspecified atom stereocenters. The Hall–Kier alpha value is -3.06. The van der Waals surface area contributed by atoms with Crippen LogP contribution in [0.1, 0.15) is 15.4 Å². The first kappa shape index (κ1) is 18.7. The van der Waals surface area contributed by atoms with Crippen molar-refractivity contribution in [1.29, 1.82) is 0 Å². The molecule has 27 heavy (non-hydrogen) atoms. The third-order valence-electron chi connectivity index (χ3n) is 3.75. The summed E-state index contributed by atoms with van der Waals surface area (Å²) in [4.78, 5) is 15.7. The molecular formula is C20H19NO5S. The van der Waals surface area contributed by atoms with Crippen LogP contribution in [0.25, 0.3) is 10.6 Å². The molecule has 0 atom stereocenters. The van der Waals surface area contributed by atoms with Gasteiger partial charge >= 0.3 is 5.97 Å². The molecule has 1 aromatic heterocycles. The van der Waals surface area contributed by atoms with E-state index in [0.717, 1.165) is 17.1 Å². The summed E-state index contributed by atoms with van der Waals surface area (Å²) >= 11 is 1.17. The minimum absolute atomic E-state index is 0.264. The van der Waals surface area contributed by atoms with Crippen LogP contribution in [0, 0.1) is 6.92 Å². The quantitative estimate of drug-likeness (QED) is 0.583. The normalized spacial score (nSPS) is 10.4. The van der Waals surface area contributed by atoms with Crippen LogP contribution in [0.2, 0.25) is 0 Å². The van der Waals surface area contributed by atoms with E-state index in [1.165, 1.54) is 11.3 Å².